The minimum Gasteiger partial charge on any atom is -0.466 e. The lowest BCUT2D eigenvalue weighted by Gasteiger charge is -2.12. The van der Waals surface area contributed by atoms with E-state index in [2.05, 4.69) is 4.74 Å². The highest BCUT2D eigenvalue weighted by atomic mass is 16.5. The summed E-state index contributed by atoms with van der Waals surface area (Å²) in [5, 5.41) is 26.6. The highest BCUT2D eigenvalue weighted by molar-refractivity contribution is 5.69. The fraction of sp³-hybridized carbons (Fsp3) is 0.778. The second-order valence-corrected chi connectivity index (χ2v) is 2.91. The Labute approximate surface area is 82.9 Å². The first-order chi connectivity index (χ1) is 6.60. The van der Waals surface area contributed by atoms with Crippen LogP contribution in [0.3, 0.4) is 0 Å². The number of aliphatic hydroxyl groups excluding tert-OH is 2. The Morgan fingerprint density at radius 1 is 1.50 bits per heavy atom. The number of ether oxygens (including phenoxy) is 1. The van der Waals surface area contributed by atoms with Crippen LogP contribution in [-0.2, 0) is 9.53 Å². The van der Waals surface area contributed by atoms with E-state index in [-0.39, 0.29) is 25.9 Å². The van der Waals surface area contributed by atoms with E-state index in [9.17, 15) is 9.90 Å². The van der Waals surface area contributed by atoms with Crippen molar-refractivity contribution in [3.8, 4) is 6.07 Å². The number of hydrogen-bond donors (Lipinski definition) is 2. The van der Waals surface area contributed by atoms with Crippen molar-refractivity contribution in [1.82, 2.24) is 0 Å². The van der Waals surface area contributed by atoms with Crippen molar-refractivity contribution in [2.24, 2.45) is 0 Å². The molecule has 0 aliphatic heterocycles. The predicted molar refractivity (Wildman–Crippen MR) is 48.1 cm³/mol. The highest BCUT2D eigenvalue weighted by Gasteiger charge is 2.15. The summed E-state index contributed by atoms with van der Waals surface area (Å²) in [5.74, 6) is -0.496. The lowest BCUT2D eigenvalue weighted by atomic mass is 10.1. The fourth-order valence-electron chi connectivity index (χ4n) is 0.998. The molecule has 0 amide bonds. The summed E-state index contributed by atoms with van der Waals surface area (Å²) in [6.45, 7) is 1.95. The Balaban J connectivity index is 3.69. The van der Waals surface area contributed by atoms with Gasteiger partial charge in [0, 0.05) is 6.42 Å². The second-order valence-electron chi connectivity index (χ2n) is 2.91. The van der Waals surface area contributed by atoms with Crippen molar-refractivity contribution >= 4 is 5.97 Å². The molecule has 0 aromatic rings. The Morgan fingerprint density at radius 2 is 2.14 bits per heavy atom. The van der Waals surface area contributed by atoms with E-state index in [1.807, 2.05) is 0 Å². The molecule has 2 N–H and O–H groups in total. The number of carbonyl (C=O) groups excluding carboxylic acids is 1. The van der Waals surface area contributed by atoms with Crippen LogP contribution in [0.2, 0.25) is 0 Å². The zero-order chi connectivity index (χ0) is 11.0. The fourth-order valence-corrected chi connectivity index (χ4v) is 0.998. The molecule has 0 saturated heterocycles. The molecule has 0 rings (SSSR count). The lowest BCUT2D eigenvalue weighted by Crippen LogP contribution is -2.21. The third-order valence-electron chi connectivity index (χ3n) is 1.58. The van der Waals surface area contributed by atoms with Gasteiger partial charge in [-0.3, -0.25) is 4.79 Å². The van der Waals surface area contributed by atoms with Crippen LogP contribution in [0.15, 0.2) is 0 Å². The number of esters is 1. The zero-order valence-electron chi connectivity index (χ0n) is 8.14. The molecule has 0 aliphatic rings. The van der Waals surface area contributed by atoms with Gasteiger partial charge in [-0.15, -0.1) is 0 Å². The Hall–Kier alpha value is -1.12. The molecule has 14 heavy (non-hydrogen) atoms. The molecule has 0 bridgehead atoms. The molecule has 0 radical (unpaired) electrons. The molecule has 0 unspecified atom stereocenters. The van der Waals surface area contributed by atoms with Crippen LogP contribution in [0.5, 0.6) is 0 Å². The summed E-state index contributed by atoms with van der Waals surface area (Å²) in [7, 11) is 0. The number of aliphatic hydroxyl groups is 2. The van der Waals surface area contributed by atoms with E-state index in [1.165, 1.54) is 0 Å². The van der Waals surface area contributed by atoms with Crippen LogP contribution in [0.25, 0.3) is 0 Å². The summed E-state index contributed by atoms with van der Waals surface area (Å²) in [4.78, 5) is 10.9. The first-order valence-electron chi connectivity index (χ1n) is 4.48. The van der Waals surface area contributed by atoms with Crippen LogP contribution >= 0.6 is 0 Å². The average Bonchev–Trinajstić information content (AvgIpc) is 2.03. The molecular weight excluding hydrogens is 186 g/mol. The van der Waals surface area contributed by atoms with Crippen LogP contribution < -0.4 is 0 Å². The third kappa shape index (κ3) is 6.40. The van der Waals surface area contributed by atoms with Gasteiger partial charge < -0.3 is 14.9 Å². The van der Waals surface area contributed by atoms with Gasteiger partial charge in [0.1, 0.15) is 0 Å². The van der Waals surface area contributed by atoms with Gasteiger partial charge in [0.15, 0.2) is 0 Å². The Bertz CT molecular complexity index is 211. The van der Waals surface area contributed by atoms with Crippen LogP contribution in [0.1, 0.15) is 26.2 Å². The molecule has 0 saturated carbocycles. The largest absolute Gasteiger partial charge is 0.466 e. The molecule has 5 nitrogen and oxygen atoms in total. The molecule has 0 aromatic heterocycles. The molecule has 0 fully saturated rings. The Kier molecular flexibility index (Phi) is 6.72. The lowest BCUT2D eigenvalue weighted by molar-refractivity contribution is -0.145. The quantitative estimate of drug-likeness (QED) is 0.589. The van der Waals surface area contributed by atoms with E-state index in [0.717, 1.165) is 0 Å². The van der Waals surface area contributed by atoms with Crippen LogP contribution in [0.4, 0.5) is 0 Å². The molecule has 80 valence electrons. The van der Waals surface area contributed by atoms with Gasteiger partial charge in [0.2, 0.25) is 0 Å². The molecule has 0 spiro atoms. The average molecular weight is 201 g/mol. The summed E-state index contributed by atoms with van der Waals surface area (Å²) in [5.41, 5.74) is 0. The molecule has 0 aliphatic carbocycles. The van der Waals surface area contributed by atoms with Gasteiger partial charge in [0.25, 0.3) is 0 Å². The number of rotatable bonds is 6. The first-order valence-corrected chi connectivity index (χ1v) is 4.48. The van der Waals surface area contributed by atoms with Crippen LogP contribution in [0, 0.1) is 11.3 Å². The molecule has 2 atom stereocenters. The number of nitriles is 1. The summed E-state index contributed by atoms with van der Waals surface area (Å²) < 4.78 is 4.61. The smallest absolute Gasteiger partial charge is 0.308 e. The van der Waals surface area contributed by atoms with Crippen molar-refractivity contribution in [2.45, 2.75) is 38.4 Å². The van der Waals surface area contributed by atoms with Crippen molar-refractivity contribution in [2.75, 3.05) is 6.61 Å². The number of nitrogens with zero attached hydrogens (tertiary/aromatic N) is 1. The monoisotopic (exact) mass is 201 g/mol. The Morgan fingerprint density at radius 3 is 2.64 bits per heavy atom. The SMILES string of the molecule is CCOC(=O)C[C@H](O)C[C@H](O)CC#N. The van der Waals surface area contributed by atoms with E-state index < -0.39 is 18.2 Å². The summed E-state index contributed by atoms with van der Waals surface area (Å²) in [6.07, 6.45) is -2.00. The van der Waals surface area contributed by atoms with Crippen molar-refractivity contribution in [3.63, 3.8) is 0 Å². The predicted octanol–water partition coefficient (Wildman–Crippen LogP) is -0.0348. The summed E-state index contributed by atoms with van der Waals surface area (Å²) >= 11 is 0. The normalized spacial score (nSPS) is 14.1. The van der Waals surface area contributed by atoms with Crippen molar-refractivity contribution in [1.29, 1.82) is 5.26 Å². The molecule has 0 heterocycles. The van der Waals surface area contributed by atoms with Crippen molar-refractivity contribution < 1.29 is 19.7 Å². The van der Waals surface area contributed by atoms with E-state index in [1.54, 1.807) is 13.0 Å². The van der Waals surface area contributed by atoms with Gasteiger partial charge in [-0.2, -0.15) is 5.26 Å². The van der Waals surface area contributed by atoms with Gasteiger partial charge in [0.05, 0.1) is 37.7 Å². The van der Waals surface area contributed by atoms with E-state index in [4.69, 9.17) is 10.4 Å². The number of carbonyl (C=O) groups is 1. The molecular formula is C9H15NO4. The maximum atomic E-state index is 10.9. The zero-order valence-corrected chi connectivity index (χ0v) is 8.14. The second kappa shape index (κ2) is 7.30. The summed E-state index contributed by atoms with van der Waals surface area (Å²) in [6, 6.07) is 1.77. The van der Waals surface area contributed by atoms with Gasteiger partial charge in [-0.25, -0.2) is 0 Å². The van der Waals surface area contributed by atoms with E-state index >= 15 is 0 Å². The van der Waals surface area contributed by atoms with Crippen LogP contribution in [-0.4, -0.2) is 35.0 Å². The minimum atomic E-state index is -0.947. The third-order valence-corrected chi connectivity index (χ3v) is 1.58. The first kappa shape index (κ1) is 12.9. The van der Waals surface area contributed by atoms with Crippen molar-refractivity contribution in [3.05, 3.63) is 0 Å². The van der Waals surface area contributed by atoms with E-state index in [0.29, 0.717) is 0 Å². The maximum Gasteiger partial charge on any atom is 0.308 e. The van der Waals surface area contributed by atoms with Gasteiger partial charge in [-0.1, -0.05) is 0 Å². The number of hydrogen-bond acceptors (Lipinski definition) is 5. The molecule has 5 heteroatoms. The van der Waals surface area contributed by atoms with Gasteiger partial charge in [-0.05, 0) is 6.92 Å². The highest BCUT2D eigenvalue weighted by Crippen LogP contribution is 2.06. The standard InChI is InChI=1S/C9H15NO4/c1-2-14-9(13)6-8(12)5-7(11)3-4-10/h7-8,11-12H,2-3,5-6H2,1H3/t7-,8-/m1/s1. The van der Waals surface area contributed by atoms with Gasteiger partial charge >= 0.3 is 5.97 Å². The molecule has 0 aromatic carbocycles. The topological polar surface area (TPSA) is 90.6 Å². The maximum absolute atomic E-state index is 10.9. The minimum absolute atomic E-state index is 0.0202.